The molecule has 2 aromatic carbocycles. The summed E-state index contributed by atoms with van der Waals surface area (Å²) in [4.78, 5) is 36.3. The fourth-order valence-corrected chi connectivity index (χ4v) is 3.39. The summed E-state index contributed by atoms with van der Waals surface area (Å²) in [5.41, 5.74) is 2.64. The van der Waals surface area contributed by atoms with Crippen LogP contribution in [0.4, 0.5) is 26.7 Å². The van der Waals surface area contributed by atoms with Crippen LogP contribution in [0.15, 0.2) is 36.4 Å². The third-order valence-electron chi connectivity index (χ3n) is 4.87. The first-order chi connectivity index (χ1) is 14.3. The Morgan fingerprint density at radius 3 is 2.63 bits per heavy atom. The number of carbonyl (C=O) groups is 2. The molecule has 1 atom stereocenters. The number of anilines is 2. The number of urea groups is 1. The number of non-ortho nitro benzene ring substituents is 1. The maximum absolute atomic E-state index is 12.5. The van der Waals surface area contributed by atoms with Crippen molar-refractivity contribution in [2.75, 3.05) is 31.0 Å². The van der Waals surface area contributed by atoms with E-state index < -0.39 is 23.1 Å². The van der Waals surface area contributed by atoms with Crippen LogP contribution in [0.3, 0.4) is 0 Å². The smallest absolute Gasteiger partial charge is 0.414 e. The lowest BCUT2D eigenvalue weighted by Gasteiger charge is -2.18. The van der Waals surface area contributed by atoms with Crippen LogP contribution in [-0.4, -0.2) is 37.8 Å². The molecule has 3 rings (SSSR count). The third-order valence-corrected chi connectivity index (χ3v) is 4.87. The predicted octanol–water partition coefficient (Wildman–Crippen LogP) is 3.62. The van der Waals surface area contributed by atoms with Crippen LogP contribution in [0.5, 0.6) is 5.75 Å². The molecule has 0 aliphatic carbocycles. The standard InChI is InChI=1S/C20H22N4O6/c1-12(16-11-15(24(27)28)5-7-18(16)29-2)21-19(25)22-14-4-6-17-13(10-14)8-9-23(17)20(26)30-3/h4-7,10-12H,8-9H2,1-3H3,(H2,21,22,25). The average molecular weight is 414 g/mol. The summed E-state index contributed by atoms with van der Waals surface area (Å²) in [6.07, 6.45) is 0.231. The molecule has 1 unspecified atom stereocenters. The molecule has 0 fully saturated rings. The minimum Gasteiger partial charge on any atom is -0.496 e. The first-order valence-electron chi connectivity index (χ1n) is 9.22. The van der Waals surface area contributed by atoms with Crippen LogP contribution in [0.1, 0.15) is 24.1 Å². The van der Waals surface area contributed by atoms with E-state index >= 15 is 0 Å². The summed E-state index contributed by atoms with van der Waals surface area (Å²) < 4.78 is 10.0. The summed E-state index contributed by atoms with van der Waals surface area (Å²) in [6, 6.07) is 8.45. The summed E-state index contributed by atoms with van der Waals surface area (Å²) >= 11 is 0. The molecule has 0 aromatic heterocycles. The summed E-state index contributed by atoms with van der Waals surface area (Å²) in [5.74, 6) is 0.439. The van der Waals surface area contributed by atoms with Crippen molar-refractivity contribution in [1.82, 2.24) is 5.32 Å². The number of nitro benzene ring substituents is 1. The topological polar surface area (TPSA) is 123 Å². The number of methoxy groups -OCH3 is 2. The molecule has 0 saturated heterocycles. The number of nitrogens with one attached hydrogen (secondary N) is 2. The number of ether oxygens (including phenoxy) is 2. The zero-order chi connectivity index (χ0) is 21.8. The second-order valence-corrected chi connectivity index (χ2v) is 6.72. The molecular formula is C20H22N4O6. The Morgan fingerprint density at radius 1 is 1.20 bits per heavy atom. The van der Waals surface area contributed by atoms with Crippen LogP contribution in [0.2, 0.25) is 0 Å². The number of amides is 3. The Kier molecular flexibility index (Phi) is 6.05. The highest BCUT2D eigenvalue weighted by atomic mass is 16.6. The highest BCUT2D eigenvalue weighted by molar-refractivity contribution is 5.93. The number of fused-ring (bicyclic) bond motifs is 1. The molecule has 2 aromatic rings. The van der Waals surface area contributed by atoms with E-state index in [2.05, 4.69) is 10.6 Å². The van der Waals surface area contributed by atoms with E-state index in [1.807, 2.05) is 0 Å². The number of benzene rings is 2. The van der Waals surface area contributed by atoms with Crippen LogP contribution in [-0.2, 0) is 11.2 Å². The maximum Gasteiger partial charge on any atom is 0.414 e. The van der Waals surface area contributed by atoms with Crippen molar-refractivity contribution in [3.63, 3.8) is 0 Å². The minimum atomic E-state index is -0.538. The molecule has 10 nitrogen and oxygen atoms in total. The normalized spacial score (nSPS) is 13.2. The van der Waals surface area contributed by atoms with E-state index in [0.717, 1.165) is 11.3 Å². The molecule has 158 valence electrons. The van der Waals surface area contributed by atoms with Gasteiger partial charge in [-0.25, -0.2) is 9.59 Å². The Morgan fingerprint density at radius 2 is 1.97 bits per heavy atom. The van der Waals surface area contributed by atoms with Crippen LogP contribution < -0.4 is 20.3 Å². The average Bonchev–Trinajstić information content (AvgIpc) is 3.15. The van der Waals surface area contributed by atoms with Crippen LogP contribution >= 0.6 is 0 Å². The lowest BCUT2D eigenvalue weighted by molar-refractivity contribution is -0.385. The summed E-state index contributed by atoms with van der Waals surface area (Å²) in [6.45, 7) is 2.22. The molecule has 1 aliphatic heterocycles. The van der Waals surface area contributed by atoms with Crippen molar-refractivity contribution >= 4 is 29.2 Å². The third kappa shape index (κ3) is 4.27. The summed E-state index contributed by atoms with van der Waals surface area (Å²) in [7, 11) is 2.79. The number of hydrogen-bond donors (Lipinski definition) is 2. The summed E-state index contributed by atoms with van der Waals surface area (Å²) in [5, 5.41) is 16.5. The van der Waals surface area contributed by atoms with Gasteiger partial charge >= 0.3 is 12.1 Å². The molecule has 10 heteroatoms. The Bertz CT molecular complexity index is 993. The quantitative estimate of drug-likeness (QED) is 0.569. The Labute approximate surface area is 172 Å². The van der Waals surface area contributed by atoms with Crippen molar-refractivity contribution in [2.24, 2.45) is 0 Å². The van der Waals surface area contributed by atoms with Crippen LogP contribution in [0, 0.1) is 10.1 Å². The lowest BCUT2D eigenvalue weighted by Crippen LogP contribution is -2.31. The molecule has 0 radical (unpaired) electrons. The van der Waals surface area contributed by atoms with Gasteiger partial charge in [0.25, 0.3) is 5.69 Å². The first kappa shape index (κ1) is 20.9. The predicted molar refractivity (Wildman–Crippen MR) is 110 cm³/mol. The van der Waals surface area contributed by atoms with Gasteiger partial charge < -0.3 is 20.1 Å². The molecule has 2 N–H and O–H groups in total. The number of carbonyl (C=O) groups excluding carboxylic acids is 2. The molecule has 3 amide bonds. The fraction of sp³-hybridized carbons (Fsp3) is 0.300. The van der Waals surface area contributed by atoms with E-state index in [9.17, 15) is 19.7 Å². The molecule has 0 spiro atoms. The molecule has 30 heavy (non-hydrogen) atoms. The molecular weight excluding hydrogens is 392 g/mol. The number of rotatable bonds is 5. The Hall–Kier alpha value is -3.82. The van der Waals surface area contributed by atoms with Crippen LogP contribution in [0.25, 0.3) is 0 Å². The van der Waals surface area contributed by atoms with Gasteiger partial charge in [-0.15, -0.1) is 0 Å². The van der Waals surface area contributed by atoms with Crippen molar-refractivity contribution in [3.05, 3.63) is 57.6 Å². The second kappa shape index (κ2) is 8.68. The zero-order valence-electron chi connectivity index (χ0n) is 16.8. The van der Waals surface area contributed by atoms with Crippen molar-refractivity contribution in [1.29, 1.82) is 0 Å². The number of nitrogens with zero attached hydrogens (tertiary/aromatic N) is 2. The molecule has 1 aliphatic rings. The van der Waals surface area contributed by atoms with Gasteiger partial charge in [-0.1, -0.05) is 0 Å². The SMILES string of the molecule is COC(=O)N1CCc2cc(NC(=O)NC(C)c3cc([N+](=O)[O-])ccc3OC)ccc21. The van der Waals surface area contributed by atoms with Crippen molar-refractivity contribution in [2.45, 2.75) is 19.4 Å². The van der Waals surface area contributed by atoms with E-state index in [1.165, 1.54) is 37.3 Å². The largest absolute Gasteiger partial charge is 0.496 e. The van der Waals surface area contributed by atoms with Gasteiger partial charge in [-0.2, -0.15) is 0 Å². The fourth-order valence-electron chi connectivity index (χ4n) is 3.39. The highest BCUT2D eigenvalue weighted by Crippen LogP contribution is 2.31. The first-order valence-corrected chi connectivity index (χ1v) is 9.22. The van der Waals surface area contributed by atoms with E-state index in [-0.39, 0.29) is 5.69 Å². The van der Waals surface area contributed by atoms with Gasteiger partial charge in [-0.05, 0) is 43.2 Å². The molecule has 0 bridgehead atoms. The van der Waals surface area contributed by atoms with Gasteiger partial charge in [0.05, 0.1) is 30.9 Å². The maximum atomic E-state index is 12.5. The highest BCUT2D eigenvalue weighted by Gasteiger charge is 2.25. The number of hydrogen-bond acceptors (Lipinski definition) is 6. The van der Waals surface area contributed by atoms with Gasteiger partial charge in [0, 0.05) is 29.9 Å². The van der Waals surface area contributed by atoms with Gasteiger partial charge in [0.1, 0.15) is 5.75 Å². The van der Waals surface area contributed by atoms with Crippen molar-refractivity contribution < 1.29 is 24.0 Å². The second-order valence-electron chi connectivity index (χ2n) is 6.72. The van der Waals surface area contributed by atoms with E-state index in [1.54, 1.807) is 25.1 Å². The Balaban J connectivity index is 1.70. The van der Waals surface area contributed by atoms with Gasteiger partial charge in [0.2, 0.25) is 0 Å². The monoisotopic (exact) mass is 414 g/mol. The number of nitro groups is 1. The lowest BCUT2D eigenvalue weighted by atomic mass is 10.1. The van der Waals surface area contributed by atoms with E-state index in [4.69, 9.17) is 9.47 Å². The molecule has 0 saturated carbocycles. The molecule has 1 heterocycles. The van der Waals surface area contributed by atoms with Gasteiger partial charge in [-0.3, -0.25) is 15.0 Å². The zero-order valence-corrected chi connectivity index (χ0v) is 16.8. The van der Waals surface area contributed by atoms with Gasteiger partial charge in [0.15, 0.2) is 0 Å². The minimum absolute atomic E-state index is 0.0892. The van der Waals surface area contributed by atoms with Crippen molar-refractivity contribution in [3.8, 4) is 5.75 Å². The van der Waals surface area contributed by atoms with E-state index in [0.29, 0.717) is 30.0 Å².